The first kappa shape index (κ1) is 24.1. The number of benzene rings is 3. The summed E-state index contributed by atoms with van der Waals surface area (Å²) in [6.45, 7) is 2.75. The van der Waals surface area contributed by atoms with Crippen LogP contribution in [0.2, 0.25) is 0 Å². The van der Waals surface area contributed by atoms with Crippen molar-refractivity contribution in [3.63, 3.8) is 0 Å². The summed E-state index contributed by atoms with van der Waals surface area (Å²) in [5.41, 5.74) is 1.49. The maximum atomic E-state index is 13.8. The third-order valence-corrected chi connectivity index (χ3v) is 7.43. The van der Waals surface area contributed by atoms with Gasteiger partial charge in [0.2, 0.25) is 5.78 Å². The average Bonchev–Trinajstić information content (AvgIpc) is 2.88. The maximum absolute atomic E-state index is 13.8. The van der Waals surface area contributed by atoms with Crippen molar-refractivity contribution in [1.82, 2.24) is 0 Å². The first-order valence-electron chi connectivity index (χ1n) is 12.3. The molecule has 0 aromatic heterocycles. The number of hydrogen-bond acceptors (Lipinski definition) is 4. The van der Waals surface area contributed by atoms with Crippen LogP contribution in [0.25, 0.3) is 0 Å². The molecule has 186 valence electrons. The number of anilines is 1. The zero-order chi connectivity index (χ0) is 25.1. The Kier molecular flexibility index (Phi) is 6.83. The number of esters is 1. The van der Waals surface area contributed by atoms with Gasteiger partial charge in [-0.25, -0.2) is 13.6 Å². The SMILES string of the molecule is O=C(C[N+]12CCC(CC1)C(OC(=O)C(Nc1cc(F)cc(F)c1)c1ccccc1)C2)c1ccccc1. The molecule has 1 N–H and O–H groups in total. The summed E-state index contributed by atoms with van der Waals surface area (Å²) in [7, 11) is 0. The highest BCUT2D eigenvalue weighted by Gasteiger charge is 2.49. The minimum Gasteiger partial charge on any atom is -0.454 e. The van der Waals surface area contributed by atoms with Crippen LogP contribution in [-0.2, 0) is 9.53 Å². The molecule has 5 nitrogen and oxygen atoms in total. The van der Waals surface area contributed by atoms with Crippen molar-refractivity contribution in [2.24, 2.45) is 5.92 Å². The van der Waals surface area contributed by atoms with Crippen LogP contribution in [0, 0.1) is 17.6 Å². The quantitative estimate of drug-likeness (QED) is 0.269. The summed E-state index contributed by atoms with van der Waals surface area (Å²) in [5.74, 6) is -1.63. The lowest BCUT2D eigenvalue weighted by molar-refractivity contribution is -0.938. The summed E-state index contributed by atoms with van der Waals surface area (Å²) in [4.78, 5) is 26.4. The highest BCUT2D eigenvalue weighted by molar-refractivity contribution is 5.97. The average molecular weight is 492 g/mol. The lowest BCUT2D eigenvalue weighted by Gasteiger charge is -2.51. The summed E-state index contributed by atoms with van der Waals surface area (Å²) in [6, 6.07) is 20.4. The van der Waals surface area contributed by atoms with E-state index in [-0.39, 0.29) is 23.5 Å². The molecule has 3 aromatic carbocycles. The minimum absolute atomic E-state index is 0.0954. The van der Waals surface area contributed by atoms with Gasteiger partial charge in [-0.1, -0.05) is 60.7 Å². The van der Waals surface area contributed by atoms with Crippen LogP contribution < -0.4 is 5.32 Å². The Morgan fingerprint density at radius 2 is 1.53 bits per heavy atom. The Labute approximate surface area is 209 Å². The van der Waals surface area contributed by atoms with Gasteiger partial charge in [0.25, 0.3) is 0 Å². The molecule has 0 spiro atoms. The van der Waals surface area contributed by atoms with E-state index in [1.54, 1.807) is 24.3 Å². The summed E-state index contributed by atoms with van der Waals surface area (Å²) < 4.78 is 34.3. The maximum Gasteiger partial charge on any atom is 0.333 e. The molecule has 3 saturated heterocycles. The fourth-order valence-electron chi connectivity index (χ4n) is 5.54. The molecular formula is C29H29F2N2O3+. The topological polar surface area (TPSA) is 55.4 Å². The Morgan fingerprint density at radius 1 is 0.917 bits per heavy atom. The van der Waals surface area contributed by atoms with Gasteiger partial charge in [-0.2, -0.15) is 0 Å². The highest BCUT2D eigenvalue weighted by Crippen LogP contribution is 2.37. The fraction of sp³-hybridized carbons (Fsp3) is 0.310. The van der Waals surface area contributed by atoms with Gasteiger partial charge < -0.3 is 14.5 Å². The van der Waals surface area contributed by atoms with Crippen LogP contribution in [0.1, 0.15) is 34.8 Å². The molecule has 0 aliphatic carbocycles. The number of Topliss-reactive ketones (excluding diaryl/α,β-unsaturated/α-hetero) is 1. The number of quaternary nitrogens is 1. The van der Waals surface area contributed by atoms with Crippen molar-refractivity contribution < 1.29 is 27.6 Å². The van der Waals surface area contributed by atoms with E-state index in [2.05, 4.69) is 5.32 Å². The third kappa shape index (κ3) is 5.31. The number of rotatable bonds is 8. The Morgan fingerprint density at radius 3 is 2.17 bits per heavy atom. The lowest BCUT2D eigenvalue weighted by atomic mass is 9.82. The van der Waals surface area contributed by atoms with Crippen molar-refractivity contribution in [3.8, 4) is 0 Å². The zero-order valence-electron chi connectivity index (χ0n) is 19.9. The monoisotopic (exact) mass is 491 g/mol. The standard InChI is InChI=1S/C29H29F2N2O3/c30-23-15-24(31)17-25(16-23)32-28(22-9-5-2-6-10-22)29(35)36-27-19-33(13-11-21(27)12-14-33)18-26(34)20-7-3-1-4-8-20/h1-10,15-17,21,27-28,32H,11-14,18-19H2/q+1. The molecule has 3 aromatic rings. The van der Waals surface area contributed by atoms with Gasteiger partial charge in [0, 0.05) is 36.1 Å². The van der Waals surface area contributed by atoms with Gasteiger partial charge >= 0.3 is 5.97 Å². The number of carbonyl (C=O) groups excluding carboxylic acids is 2. The molecule has 2 unspecified atom stereocenters. The van der Waals surface area contributed by atoms with Crippen LogP contribution in [-0.4, -0.2) is 48.5 Å². The summed E-state index contributed by atoms with van der Waals surface area (Å²) in [5, 5.41) is 2.96. The van der Waals surface area contributed by atoms with Crippen molar-refractivity contribution in [2.75, 3.05) is 31.5 Å². The minimum atomic E-state index is -0.928. The molecule has 7 heteroatoms. The van der Waals surface area contributed by atoms with Gasteiger partial charge in [-0.05, 0) is 17.7 Å². The number of nitrogens with one attached hydrogen (secondary N) is 1. The second kappa shape index (κ2) is 10.2. The highest BCUT2D eigenvalue weighted by atomic mass is 19.1. The molecule has 3 aliphatic rings. The molecule has 0 radical (unpaired) electrons. The van der Waals surface area contributed by atoms with Crippen LogP contribution >= 0.6 is 0 Å². The normalized spacial score (nSPS) is 23.6. The molecule has 36 heavy (non-hydrogen) atoms. The van der Waals surface area contributed by atoms with Crippen LogP contribution in [0.4, 0.5) is 14.5 Å². The fourth-order valence-corrected chi connectivity index (χ4v) is 5.54. The second-order valence-corrected chi connectivity index (χ2v) is 9.88. The zero-order valence-corrected chi connectivity index (χ0v) is 19.9. The molecule has 2 atom stereocenters. The molecule has 0 saturated carbocycles. The number of hydrogen-bond donors (Lipinski definition) is 1. The largest absolute Gasteiger partial charge is 0.454 e. The third-order valence-electron chi connectivity index (χ3n) is 7.43. The van der Waals surface area contributed by atoms with Crippen LogP contribution in [0.3, 0.4) is 0 Å². The van der Waals surface area contributed by atoms with Gasteiger partial charge in [0.15, 0.2) is 12.1 Å². The van der Waals surface area contributed by atoms with Crippen molar-refractivity contribution >= 4 is 17.4 Å². The molecule has 3 heterocycles. The van der Waals surface area contributed by atoms with E-state index < -0.39 is 23.6 Å². The number of ether oxygens (including phenoxy) is 1. The number of carbonyl (C=O) groups is 2. The van der Waals surface area contributed by atoms with Crippen molar-refractivity contribution in [1.29, 1.82) is 0 Å². The number of piperidine rings is 3. The van der Waals surface area contributed by atoms with E-state index in [9.17, 15) is 18.4 Å². The molecule has 0 amide bonds. The molecule has 2 bridgehead atoms. The van der Waals surface area contributed by atoms with Gasteiger partial charge in [0.05, 0.1) is 13.1 Å². The predicted octanol–water partition coefficient (Wildman–Crippen LogP) is 5.15. The lowest BCUT2D eigenvalue weighted by Crippen LogP contribution is -2.65. The van der Waals surface area contributed by atoms with Crippen molar-refractivity contribution in [2.45, 2.75) is 25.0 Å². The second-order valence-electron chi connectivity index (χ2n) is 9.88. The summed E-state index contributed by atoms with van der Waals surface area (Å²) >= 11 is 0. The Bertz CT molecular complexity index is 1210. The molecule has 3 fully saturated rings. The van der Waals surface area contributed by atoms with E-state index >= 15 is 0 Å². The molecular weight excluding hydrogens is 462 g/mol. The number of fused-ring (bicyclic) bond motifs is 3. The van der Waals surface area contributed by atoms with Crippen LogP contribution in [0.15, 0.2) is 78.9 Å². The Balaban J connectivity index is 1.33. The number of halogens is 2. The van der Waals surface area contributed by atoms with E-state index in [0.29, 0.717) is 28.7 Å². The van der Waals surface area contributed by atoms with Gasteiger partial charge in [-0.3, -0.25) is 4.79 Å². The first-order chi connectivity index (χ1) is 17.4. The molecule has 6 rings (SSSR count). The predicted molar refractivity (Wildman–Crippen MR) is 132 cm³/mol. The van der Waals surface area contributed by atoms with E-state index in [1.807, 2.05) is 36.4 Å². The van der Waals surface area contributed by atoms with Gasteiger partial charge in [0.1, 0.15) is 24.7 Å². The van der Waals surface area contributed by atoms with E-state index in [4.69, 9.17) is 4.74 Å². The first-order valence-corrected chi connectivity index (χ1v) is 12.3. The van der Waals surface area contributed by atoms with Crippen molar-refractivity contribution in [3.05, 3.63) is 102 Å². The Hall–Kier alpha value is -3.58. The van der Waals surface area contributed by atoms with Gasteiger partial charge in [-0.15, -0.1) is 0 Å². The number of nitrogens with zero attached hydrogens (tertiary/aromatic N) is 1. The molecule has 3 aliphatic heterocycles. The van der Waals surface area contributed by atoms with Crippen LogP contribution in [0.5, 0.6) is 0 Å². The van der Waals surface area contributed by atoms with E-state index in [1.165, 1.54) is 0 Å². The summed E-state index contributed by atoms with van der Waals surface area (Å²) in [6.07, 6.45) is 1.46. The smallest absolute Gasteiger partial charge is 0.333 e. The number of ketones is 1. The van der Waals surface area contributed by atoms with E-state index in [0.717, 1.165) is 44.1 Å².